The third-order valence-electron chi connectivity index (χ3n) is 9.29. The van der Waals surface area contributed by atoms with E-state index < -0.39 is 11.2 Å². The zero-order valence-electron chi connectivity index (χ0n) is 24.9. The Morgan fingerprint density at radius 1 is 1.02 bits per heavy atom. The van der Waals surface area contributed by atoms with Gasteiger partial charge in [0.2, 0.25) is 0 Å². The Morgan fingerprint density at radius 2 is 1.80 bits per heavy atom. The molecule has 0 radical (unpaired) electrons. The summed E-state index contributed by atoms with van der Waals surface area (Å²) in [7, 11) is 3.59. The molecule has 0 bridgehead atoms. The average Bonchev–Trinajstić information content (AvgIpc) is 3.19. The summed E-state index contributed by atoms with van der Waals surface area (Å²) in [6.07, 6.45) is 11.3. The van der Waals surface area contributed by atoms with Crippen LogP contribution in [-0.4, -0.2) is 45.2 Å². The molecule has 41 heavy (non-hydrogen) atoms. The fourth-order valence-electron chi connectivity index (χ4n) is 7.13. The molecule has 3 aromatic rings. The van der Waals surface area contributed by atoms with E-state index in [1.807, 2.05) is 0 Å². The predicted octanol–water partition coefficient (Wildman–Crippen LogP) is 7.70. The van der Waals surface area contributed by atoms with Crippen LogP contribution in [0.4, 0.5) is 0 Å². The van der Waals surface area contributed by atoms with Crippen molar-refractivity contribution in [3.63, 3.8) is 0 Å². The lowest BCUT2D eigenvalue weighted by atomic mass is 9.81. The van der Waals surface area contributed by atoms with Crippen LogP contribution in [0.5, 0.6) is 0 Å². The first-order valence-corrected chi connectivity index (χ1v) is 16.4. The van der Waals surface area contributed by atoms with Crippen LogP contribution in [0, 0.1) is 5.92 Å². The first-order valence-electron chi connectivity index (χ1n) is 15.3. The molecule has 5 nitrogen and oxygen atoms in total. The molecule has 0 amide bonds. The number of allylic oxidation sites excluding steroid dienone is 1. The zero-order chi connectivity index (χ0) is 28.7. The van der Waals surface area contributed by atoms with E-state index in [1.54, 1.807) is 18.4 Å². The lowest BCUT2D eigenvalue weighted by Gasteiger charge is -2.35. The normalized spacial score (nSPS) is 20.2. The van der Waals surface area contributed by atoms with Crippen molar-refractivity contribution in [3.05, 3.63) is 83.6 Å². The van der Waals surface area contributed by atoms with E-state index in [-0.39, 0.29) is 0 Å². The maximum absolute atomic E-state index is 12.5. The number of hydrogen-bond acceptors (Lipinski definition) is 2. The molecule has 1 aliphatic carbocycles. The second-order valence-corrected chi connectivity index (χ2v) is 13.9. The van der Waals surface area contributed by atoms with Crippen LogP contribution < -0.4 is 4.72 Å². The van der Waals surface area contributed by atoms with Gasteiger partial charge in [-0.3, -0.25) is 4.72 Å². The molecule has 216 valence electrons. The van der Waals surface area contributed by atoms with Crippen LogP contribution in [-0.2, 0) is 17.7 Å². The van der Waals surface area contributed by atoms with Gasteiger partial charge in [0.05, 0.1) is 12.2 Å². The first kappa shape index (κ1) is 28.0. The summed E-state index contributed by atoms with van der Waals surface area (Å²) in [5, 5.41) is 1.34. The minimum absolute atomic E-state index is 0.552. The van der Waals surface area contributed by atoms with Crippen molar-refractivity contribution in [2.45, 2.75) is 64.3 Å². The Hall–Kier alpha value is -3.09. The number of nitrogens with one attached hydrogen (secondary N) is 1. The Labute approximate surface area is 248 Å². The second kappa shape index (κ2) is 11.7. The van der Waals surface area contributed by atoms with Crippen molar-refractivity contribution in [1.29, 1.82) is 0 Å². The van der Waals surface area contributed by atoms with Gasteiger partial charge in [-0.1, -0.05) is 75.7 Å². The number of hydrogen-bond donors (Lipinski definition) is 1. The van der Waals surface area contributed by atoms with Gasteiger partial charge >= 0.3 is 0 Å². The van der Waals surface area contributed by atoms with Crippen LogP contribution in [0.15, 0.2) is 66.9 Å². The van der Waals surface area contributed by atoms with Crippen molar-refractivity contribution in [2.75, 3.05) is 27.2 Å². The summed E-state index contributed by atoms with van der Waals surface area (Å²) in [4.78, 5) is 2.51. The van der Waals surface area contributed by atoms with Crippen LogP contribution in [0.3, 0.4) is 0 Å². The highest BCUT2D eigenvalue weighted by Crippen LogP contribution is 2.47. The smallest absolute Gasteiger partial charge is 0.195 e. The van der Waals surface area contributed by atoms with Gasteiger partial charge in [-0.05, 0) is 66.4 Å². The van der Waals surface area contributed by atoms with Crippen LogP contribution in [0.25, 0.3) is 33.9 Å². The second-order valence-electron chi connectivity index (χ2n) is 12.5. The van der Waals surface area contributed by atoms with Crippen molar-refractivity contribution in [3.8, 4) is 11.3 Å². The minimum Gasteiger partial charge on any atom is -0.371 e. The number of benzene rings is 2. The minimum atomic E-state index is -1.34. The molecule has 2 atom stereocenters. The van der Waals surface area contributed by atoms with E-state index in [1.165, 1.54) is 83.8 Å². The lowest BCUT2D eigenvalue weighted by molar-refractivity contribution is 0.232. The number of aromatic nitrogens is 1. The summed E-state index contributed by atoms with van der Waals surface area (Å²) >= 11 is -1.34. The maximum Gasteiger partial charge on any atom is 0.195 e. The van der Waals surface area contributed by atoms with Crippen LogP contribution in [0.1, 0.15) is 74.5 Å². The summed E-state index contributed by atoms with van der Waals surface area (Å²) in [6.45, 7) is 14.2. The van der Waals surface area contributed by atoms with Gasteiger partial charge in [0.1, 0.15) is 0 Å². The monoisotopic (exact) mass is 568 g/mol. The first-order chi connectivity index (χ1) is 19.8. The van der Waals surface area contributed by atoms with Gasteiger partial charge in [0.25, 0.3) is 0 Å². The van der Waals surface area contributed by atoms with E-state index in [9.17, 15) is 4.21 Å². The van der Waals surface area contributed by atoms with Crippen molar-refractivity contribution in [1.82, 2.24) is 18.5 Å². The summed E-state index contributed by atoms with van der Waals surface area (Å²) in [6, 6.07) is 15.6. The summed E-state index contributed by atoms with van der Waals surface area (Å²) < 4.78 is 19.8. The van der Waals surface area contributed by atoms with E-state index in [0.29, 0.717) is 17.5 Å². The number of rotatable bonds is 7. The van der Waals surface area contributed by atoms with Crippen molar-refractivity contribution < 1.29 is 4.21 Å². The Bertz CT molecular complexity index is 1540. The molecule has 3 heterocycles. The zero-order valence-corrected chi connectivity index (χ0v) is 25.7. The highest BCUT2D eigenvalue weighted by Gasteiger charge is 2.30. The average molecular weight is 569 g/mol. The molecule has 2 aromatic carbocycles. The largest absolute Gasteiger partial charge is 0.371 e. The number of likely N-dealkylation sites (tertiary alicyclic amines) is 1. The van der Waals surface area contributed by atoms with Gasteiger partial charge in [-0.2, -0.15) is 0 Å². The lowest BCUT2D eigenvalue weighted by Crippen LogP contribution is -2.34. The molecular weight excluding hydrogens is 524 g/mol. The van der Waals surface area contributed by atoms with Crippen LogP contribution >= 0.6 is 0 Å². The van der Waals surface area contributed by atoms with Gasteiger partial charge in [-0.25, -0.2) is 8.51 Å². The molecule has 6 heteroatoms. The van der Waals surface area contributed by atoms with Gasteiger partial charge < -0.3 is 9.47 Å². The molecule has 2 aliphatic heterocycles. The standard InChI is InChI=1S/C35H44N4OS/c1-24-12-11-19-38(22-24)26(3)30-20-29-15-9-10-16-31(29)35-34(27-13-7-6-8-14-27)32-18-17-28(21-33(32)39(35)23-30)25(2)36-41(40)37(4)5/h9-10,15-18,20-21,24,27,36H,2-3,6-8,11-14,19,22-23H2,1,4-5H3. The molecule has 1 aromatic heterocycles. The Balaban J connectivity index is 1.52. The van der Waals surface area contributed by atoms with E-state index >= 15 is 0 Å². The SMILES string of the molecule is C=C(NS(=O)N(C)C)c1ccc2c(C3CCCCC3)c3n(c2c1)CC(C(=C)N1CCCC(C)C1)=Cc1ccccc1-3. The highest BCUT2D eigenvalue weighted by atomic mass is 32.2. The molecule has 6 rings (SSSR count). The molecule has 1 saturated carbocycles. The fourth-order valence-corrected chi connectivity index (χ4v) is 7.64. The summed E-state index contributed by atoms with van der Waals surface area (Å²) in [5.74, 6) is 1.24. The van der Waals surface area contributed by atoms with E-state index in [0.717, 1.165) is 30.9 Å². The van der Waals surface area contributed by atoms with E-state index in [2.05, 4.69) is 82.8 Å². The maximum atomic E-state index is 12.5. The van der Waals surface area contributed by atoms with Crippen molar-refractivity contribution >= 4 is 33.8 Å². The predicted molar refractivity (Wildman–Crippen MR) is 174 cm³/mol. The van der Waals surface area contributed by atoms with Gasteiger partial charge in [-0.15, -0.1) is 0 Å². The molecule has 3 aliphatic rings. The van der Waals surface area contributed by atoms with Crippen molar-refractivity contribution in [2.24, 2.45) is 5.92 Å². The molecule has 1 N–H and O–H groups in total. The number of nitrogens with zero attached hydrogens (tertiary/aromatic N) is 3. The number of fused-ring (bicyclic) bond motifs is 5. The van der Waals surface area contributed by atoms with Crippen LogP contribution in [0.2, 0.25) is 0 Å². The Kier molecular flexibility index (Phi) is 7.97. The van der Waals surface area contributed by atoms with E-state index in [4.69, 9.17) is 0 Å². The van der Waals surface area contributed by atoms with Gasteiger partial charge in [0.15, 0.2) is 11.2 Å². The molecular formula is C35H44N4OS. The highest BCUT2D eigenvalue weighted by molar-refractivity contribution is 7.80. The summed E-state index contributed by atoms with van der Waals surface area (Å²) in [5.41, 5.74) is 10.8. The fraction of sp³-hybridized carbons (Fsp3) is 0.429. The molecule has 0 spiro atoms. The molecule has 2 unspecified atom stereocenters. The van der Waals surface area contributed by atoms with Gasteiger partial charge in [0, 0.05) is 60.6 Å². The number of piperidine rings is 1. The topological polar surface area (TPSA) is 40.5 Å². The molecule has 1 saturated heterocycles. The quantitative estimate of drug-likeness (QED) is 0.317. The molecule has 2 fully saturated rings. The third kappa shape index (κ3) is 5.44. The Morgan fingerprint density at radius 3 is 2.56 bits per heavy atom. The third-order valence-corrected chi connectivity index (χ3v) is 10.4.